The predicted octanol–water partition coefficient (Wildman–Crippen LogP) is 2.75. The van der Waals surface area contributed by atoms with Crippen LogP contribution in [0.1, 0.15) is 42.1 Å². The Labute approximate surface area is 253 Å². The summed E-state index contributed by atoms with van der Waals surface area (Å²) in [6.45, 7) is 9.03. The lowest BCUT2D eigenvalue weighted by molar-refractivity contribution is -0.895. The second kappa shape index (κ2) is 14.1. The minimum Gasteiger partial charge on any atom is -0.872 e. The van der Waals surface area contributed by atoms with E-state index >= 15 is 0 Å². The average molecular weight is 589 g/mol. The van der Waals surface area contributed by atoms with Gasteiger partial charge in [-0.3, -0.25) is 9.59 Å². The number of methoxy groups -OCH3 is 3. The molecule has 1 unspecified atom stereocenters. The lowest BCUT2D eigenvalue weighted by Gasteiger charge is -2.29. The molecule has 1 amide bonds. The Morgan fingerprint density at radius 3 is 2.09 bits per heavy atom. The van der Waals surface area contributed by atoms with Gasteiger partial charge in [0, 0.05) is 5.57 Å². The van der Waals surface area contributed by atoms with Crippen LogP contribution in [0.3, 0.4) is 0 Å². The van der Waals surface area contributed by atoms with E-state index in [9.17, 15) is 14.7 Å². The van der Waals surface area contributed by atoms with Gasteiger partial charge in [0.25, 0.3) is 5.91 Å². The van der Waals surface area contributed by atoms with E-state index in [2.05, 4.69) is 13.8 Å². The van der Waals surface area contributed by atoms with Gasteiger partial charge in [-0.15, -0.1) is 0 Å². The zero-order valence-corrected chi connectivity index (χ0v) is 25.7. The van der Waals surface area contributed by atoms with E-state index in [-0.39, 0.29) is 5.57 Å². The second-order valence-corrected chi connectivity index (χ2v) is 10.4. The van der Waals surface area contributed by atoms with Crippen LogP contribution in [0.5, 0.6) is 23.0 Å². The number of nitrogens with zero attached hydrogens (tertiary/aromatic N) is 1. The maximum atomic E-state index is 14.1. The SMILES string of the molecule is CC[NH+](CC)CCN1C(=O)C(=O)C(=C([O-])c2ccc(OCc3ccccc3)c(C)c2)C1c1cc(OC)c(OC)c(OC)c1. The van der Waals surface area contributed by atoms with E-state index in [0.717, 1.165) is 24.2 Å². The van der Waals surface area contributed by atoms with Gasteiger partial charge in [0.05, 0.1) is 53.6 Å². The van der Waals surface area contributed by atoms with E-state index in [4.69, 9.17) is 18.9 Å². The first kappa shape index (κ1) is 31.4. The molecule has 0 aliphatic carbocycles. The number of ketones is 1. The highest BCUT2D eigenvalue weighted by Crippen LogP contribution is 2.45. The van der Waals surface area contributed by atoms with Crippen LogP contribution in [0.25, 0.3) is 5.76 Å². The number of carbonyl (C=O) groups is 2. The van der Waals surface area contributed by atoms with E-state index in [1.165, 1.54) is 31.1 Å². The molecule has 3 aromatic carbocycles. The molecule has 1 N–H and O–H groups in total. The van der Waals surface area contributed by atoms with Crippen molar-refractivity contribution in [1.29, 1.82) is 0 Å². The summed E-state index contributed by atoms with van der Waals surface area (Å²) in [6, 6.07) is 17.3. The highest BCUT2D eigenvalue weighted by atomic mass is 16.5. The number of aryl methyl sites for hydroxylation is 1. The van der Waals surface area contributed by atoms with Gasteiger partial charge < -0.3 is 33.9 Å². The first-order valence-corrected chi connectivity index (χ1v) is 14.4. The van der Waals surface area contributed by atoms with Gasteiger partial charge in [0.15, 0.2) is 11.5 Å². The van der Waals surface area contributed by atoms with Crippen LogP contribution >= 0.6 is 0 Å². The maximum absolute atomic E-state index is 14.1. The number of quaternary nitrogens is 1. The first-order chi connectivity index (χ1) is 20.8. The van der Waals surface area contributed by atoms with Crippen LogP contribution in [0.2, 0.25) is 0 Å². The van der Waals surface area contributed by atoms with Crippen molar-refractivity contribution < 1.29 is 38.5 Å². The smallest absolute Gasteiger partial charge is 0.295 e. The zero-order chi connectivity index (χ0) is 31.1. The summed E-state index contributed by atoms with van der Waals surface area (Å²) in [4.78, 5) is 29.8. The molecule has 1 heterocycles. The molecule has 0 bridgehead atoms. The molecule has 0 aromatic heterocycles. The second-order valence-electron chi connectivity index (χ2n) is 10.4. The van der Waals surface area contributed by atoms with Crippen molar-refractivity contribution in [2.24, 2.45) is 0 Å². The molecule has 4 rings (SSSR count). The Balaban J connectivity index is 1.79. The van der Waals surface area contributed by atoms with E-state index in [1.807, 2.05) is 37.3 Å². The lowest BCUT2D eigenvalue weighted by Crippen LogP contribution is -3.12. The monoisotopic (exact) mass is 588 g/mol. The summed E-state index contributed by atoms with van der Waals surface area (Å²) in [5.41, 5.74) is 2.48. The Kier molecular flexibility index (Phi) is 10.3. The molecule has 1 aliphatic heterocycles. The third-order valence-corrected chi connectivity index (χ3v) is 7.91. The Morgan fingerprint density at radius 1 is 0.884 bits per heavy atom. The molecule has 9 nitrogen and oxygen atoms in total. The number of ether oxygens (including phenoxy) is 4. The molecule has 1 aliphatic rings. The fraction of sp³-hybridized carbons (Fsp3) is 0.353. The number of amides is 1. The van der Waals surface area contributed by atoms with Crippen LogP contribution in [-0.4, -0.2) is 64.1 Å². The van der Waals surface area contributed by atoms with Gasteiger partial charge in [-0.05, 0) is 67.3 Å². The minimum absolute atomic E-state index is 0.105. The Morgan fingerprint density at radius 2 is 1.53 bits per heavy atom. The molecule has 3 aromatic rings. The lowest BCUT2D eigenvalue weighted by atomic mass is 9.94. The highest BCUT2D eigenvalue weighted by Gasteiger charge is 2.45. The molecule has 1 atom stereocenters. The number of nitrogens with one attached hydrogen (secondary N) is 1. The fourth-order valence-electron chi connectivity index (χ4n) is 5.43. The van der Waals surface area contributed by atoms with E-state index in [1.54, 1.807) is 30.3 Å². The Hall–Kier alpha value is -4.50. The number of likely N-dealkylation sites (N-methyl/N-ethyl adjacent to an activating group) is 1. The molecule has 228 valence electrons. The number of Topliss-reactive ketones (excluding diaryl/α,β-unsaturated/α-hetero) is 1. The highest BCUT2D eigenvalue weighted by molar-refractivity contribution is 6.46. The molecule has 43 heavy (non-hydrogen) atoms. The van der Waals surface area contributed by atoms with Crippen LogP contribution < -0.4 is 29.0 Å². The van der Waals surface area contributed by atoms with Gasteiger partial charge in [-0.2, -0.15) is 0 Å². The van der Waals surface area contributed by atoms with E-state index in [0.29, 0.717) is 53.8 Å². The van der Waals surface area contributed by atoms with Gasteiger partial charge in [0.2, 0.25) is 11.5 Å². The largest absolute Gasteiger partial charge is 0.872 e. The topological polar surface area (TPSA) is 102 Å². The predicted molar refractivity (Wildman–Crippen MR) is 161 cm³/mol. The summed E-state index contributed by atoms with van der Waals surface area (Å²) in [6.07, 6.45) is 0. The van der Waals surface area contributed by atoms with Crippen LogP contribution in [0, 0.1) is 6.92 Å². The molecular formula is C34H40N2O7. The quantitative estimate of drug-likeness (QED) is 0.186. The zero-order valence-electron chi connectivity index (χ0n) is 25.7. The fourth-order valence-corrected chi connectivity index (χ4v) is 5.43. The van der Waals surface area contributed by atoms with Crippen molar-refractivity contribution in [3.8, 4) is 23.0 Å². The van der Waals surface area contributed by atoms with Crippen molar-refractivity contribution in [1.82, 2.24) is 4.90 Å². The summed E-state index contributed by atoms with van der Waals surface area (Å²) < 4.78 is 22.6. The van der Waals surface area contributed by atoms with Crippen molar-refractivity contribution in [3.63, 3.8) is 0 Å². The molecule has 0 radical (unpaired) electrons. The number of likely N-dealkylation sites (tertiary alicyclic amines) is 1. The third-order valence-electron chi connectivity index (χ3n) is 7.91. The summed E-state index contributed by atoms with van der Waals surface area (Å²) in [5.74, 6) is -0.288. The maximum Gasteiger partial charge on any atom is 0.295 e. The van der Waals surface area contributed by atoms with E-state index < -0.39 is 23.5 Å². The van der Waals surface area contributed by atoms with Crippen molar-refractivity contribution >= 4 is 17.4 Å². The Bertz CT molecular complexity index is 1460. The molecule has 9 heteroatoms. The molecule has 0 saturated carbocycles. The average Bonchev–Trinajstić information content (AvgIpc) is 3.29. The number of hydrogen-bond donors (Lipinski definition) is 1. The van der Waals surface area contributed by atoms with Crippen molar-refractivity contribution in [3.05, 3.63) is 88.5 Å². The standard InChI is InChI=1S/C34H40N2O7/c1-7-35(8-2)16-17-36-30(25-19-27(40-4)33(42-6)28(20-25)41-5)29(32(38)34(36)39)31(37)24-14-15-26(22(3)18-24)43-21-23-12-10-9-11-13-23/h9-15,18-20,30,37H,7-8,16-17,21H2,1-6H3. The van der Waals surface area contributed by atoms with Crippen LogP contribution in [-0.2, 0) is 16.2 Å². The molecule has 0 spiro atoms. The number of hydrogen-bond acceptors (Lipinski definition) is 7. The summed E-state index contributed by atoms with van der Waals surface area (Å²) >= 11 is 0. The van der Waals surface area contributed by atoms with Crippen molar-refractivity contribution in [2.75, 3.05) is 47.5 Å². The molecular weight excluding hydrogens is 548 g/mol. The number of rotatable bonds is 13. The summed E-state index contributed by atoms with van der Waals surface area (Å²) in [5, 5.41) is 14.1. The normalized spacial score (nSPS) is 16.1. The van der Waals surface area contributed by atoms with Crippen LogP contribution in [0.4, 0.5) is 0 Å². The third kappa shape index (κ3) is 6.62. The van der Waals surface area contributed by atoms with Gasteiger partial charge in [-0.1, -0.05) is 42.2 Å². The minimum atomic E-state index is -0.925. The number of carbonyl (C=O) groups excluding carboxylic acids is 2. The molecule has 1 saturated heterocycles. The number of benzene rings is 3. The van der Waals surface area contributed by atoms with Gasteiger partial charge >= 0.3 is 0 Å². The van der Waals surface area contributed by atoms with Gasteiger partial charge in [0.1, 0.15) is 12.4 Å². The summed E-state index contributed by atoms with van der Waals surface area (Å²) in [7, 11) is 4.49. The van der Waals surface area contributed by atoms with Crippen molar-refractivity contribution in [2.45, 2.75) is 33.4 Å². The first-order valence-electron chi connectivity index (χ1n) is 14.4. The van der Waals surface area contributed by atoms with Crippen LogP contribution in [0.15, 0.2) is 66.2 Å². The van der Waals surface area contributed by atoms with Gasteiger partial charge in [-0.25, -0.2) is 0 Å². The molecule has 1 fully saturated rings.